The van der Waals surface area contributed by atoms with Crippen LogP contribution in [0.25, 0.3) is 0 Å². The first-order valence-corrected chi connectivity index (χ1v) is 9.88. The number of nitrogens with zero attached hydrogens (tertiary/aromatic N) is 4. The number of hydrogen-bond acceptors (Lipinski definition) is 4. The Morgan fingerprint density at radius 2 is 1.89 bits per heavy atom. The molecule has 8 heteroatoms. The standard InChI is InChI=1S/C20H24ClN5O2/c1-24(10-13-4-2-3-5-17(13)21)16-8-14-11-25(12-15(14)9-16)20(28)26-7-6-18(23-26)19(22)27/h2-7,14-16H,8-12H2,1H3,(H2,22,27)/t14-,15+,16+. The number of benzene rings is 1. The summed E-state index contributed by atoms with van der Waals surface area (Å²) in [4.78, 5) is 28.0. The van der Waals surface area contributed by atoms with Crippen molar-refractivity contribution in [3.05, 3.63) is 52.8 Å². The van der Waals surface area contributed by atoms with E-state index in [0.717, 1.165) is 43.1 Å². The van der Waals surface area contributed by atoms with E-state index in [-0.39, 0.29) is 11.7 Å². The molecule has 2 heterocycles. The third-order valence-corrected chi connectivity index (χ3v) is 6.40. The van der Waals surface area contributed by atoms with Crippen LogP contribution in [0.2, 0.25) is 5.02 Å². The summed E-state index contributed by atoms with van der Waals surface area (Å²) in [5, 5.41) is 4.78. The molecule has 2 aromatic rings. The highest BCUT2D eigenvalue weighted by atomic mass is 35.5. The molecule has 7 nitrogen and oxygen atoms in total. The number of halogens is 1. The fourth-order valence-electron chi connectivity index (χ4n) is 4.52. The first-order valence-electron chi connectivity index (χ1n) is 9.50. The van der Waals surface area contributed by atoms with E-state index in [0.29, 0.717) is 17.9 Å². The van der Waals surface area contributed by atoms with Crippen LogP contribution in [-0.2, 0) is 6.54 Å². The highest BCUT2D eigenvalue weighted by Crippen LogP contribution is 2.40. The average Bonchev–Trinajstić information content (AvgIpc) is 3.37. The van der Waals surface area contributed by atoms with Crippen molar-refractivity contribution >= 4 is 23.5 Å². The van der Waals surface area contributed by atoms with Gasteiger partial charge in [-0.05, 0) is 49.4 Å². The van der Waals surface area contributed by atoms with Crippen molar-refractivity contribution in [2.24, 2.45) is 17.6 Å². The number of primary amides is 1. The molecule has 1 aromatic carbocycles. The van der Waals surface area contributed by atoms with Gasteiger partial charge in [0.25, 0.3) is 5.91 Å². The number of nitrogens with two attached hydrogens (primary N) is 1. The number of likely N-dealkylation sites (tertiary alicyclic amines) is 1. The molecule has 0 radical (unpaired) electrons. The summed E-state index contributed by atoms with van der Waals surface area (Å²) < 4.78 is 1.21. The van der Waals surface area contributed by atoms with Crippen LogP contribution in [0.5, 0.6) is 0 Å². The summed E-state index contributed by atoms with van der Waals surface area (Å²) in [6.07, 6.45) is 3.64. The monoisotopic (exact) mass is 401 g/mol. The topological polar surface area (TPSA) is 84.5 Å². The Morgan fingerprint density at radius 3 is 2.50 bits per heavy atom. The summed E-state index contributed by atoms with van der Waals surface area (Å²) in [5.74, 6) is 0.358. The van der Waals surface area contributed by atoms with E-state index < -0.39 is 5.91 Å². The highest BCUT2D eigenvalue weighted by molar-refractivity contribution is 6.31. The second-order valence-electron chi connectivity index (χ2n) is 7.85. The van der Waals surface area contributed by atoms with Gasteiger partial charge in [-0.25, -0.2) is 4.79 Å². The minimum Gasteiger partial charge on any atom is -0.364 e. The number of hydrogen-bond donors (Lipinski definition) is 1. The molecule has 28 heavy (non-hydrogen) atoms. The first-order chi connectivity index (χ1) is 13.4. The molecule has 2 N–H and O–H groups in total. The van der Waals surface area contributed by atoms with Crippen molar-refractivity contribution in [2.45, 2.75) is 25.4 Å². The van der Waals surface area contributed by atoms with Crippen molar-refractivity contribution in [2.75, 3.05) is 20.1 Å². The summed E-state index contributed by atoms with van der Waals surface area (Å²) in [6.45, 7) is 2.28. The van der Waals surface area contributed by atoms with E-state index in [1.165, 1.54) is 16.9 Å². The zero-order chi connectivity index (χ0) is 19.8. The third-order valence-electron chi connectivity index (χ3n) is 6.04. The minimum atomic E-state index is -0.630. The third kappa shape index (κ3) is 3.64. The smallest absolute Gasteiger partial charge is 0.344 e. The SMILES string of the molecule is CN(Cc1ccccc1Cl)[C@H]1C[C@@H]2CN(C(=O)n3ccc(C(N)=O)n3)C[C@@H]2C1. The maximum Gasteiger partial charge on any atom is 0.344 e. The maximum absolute atomic E-state index is 12.7. The molecule has 3 atom stereocenters. The van der Waals surface area contributed by atoms with Crippen LogP contribution in [0.3, 0.4) is 0 Å². The molecule has 1 aromatic heterocycles. The second kappa shape index (κ2) is 7.56. The fraction of sp³-hybridized carbons (Fsp3) is 0.450. The molecule has 0 unspecified atom stereocenters. The van der Waals surface area contributed by atoms with E-state index in [1.807, 2.05) is 23.1 Å². The van der Waals surface area contributed by atoms with E-state index in [2.05, 4.69) is 23.1 Å². The van der Waals surface area contributed by atoms with Gasteiger partial charge in [-0.1, -0.05) is 29.8 Å². The predicted molar refractivity (Wildman–Crippen MR) is 106 cm³/mol. The van der Waals surface area contributed by atoms with Crippen molar-refractivity contribution in [3.63, 3.8) is 0 Å². The van der Waals surface area contributed by atoms with Crippen LogP contribution < -0.4 is 5.73 Å². The number of carbonyl (C=O) groups is 2. The lowest BCUT2D eigenvalue weighted by Crippen LogP contribution is -2.36. The summed E-state index contributed by atoms with van der Waals surface area (Å²) in [7, 11) is 2.15. The number of carbonyl (C=O) groups excluding carboxylic acids is 2. The summed E-state index contributed by atoms with van der Waals surface area (Å²) >= 11 is 6.30. The van der Waals surface area contributed by atoms with E-state index in [1.54, 1.807) is 0 Å². The normalized spacial score (nSPS) is 24.0. The Bertz CT molecular complexity index is 884. The molecular formula is C20H24ClN5O2. The van der Waals surface area contributed by atoms with Gasteiger partial charge in [0, 0.05) is 36.9 Å². The molecule has 0 spiro atoms. The molecule has 2 aliphatic rings. The van der Waals surface area contributed by atoms with Crippen LogP contribution in [0.1, 0.15) is 28.9 Å². The fourth-order valence-corrected chi connectivity index (χ4v) is 4.71. The molecule has 4 rings (SSSR count). The van der Waals surface area contributed by atoms with Crippen LogP contribution in [0.4, 0.5) is 4.79 Å². The molecule has 148 valence electrons. The van der Waals surface area contributed by atoms with Crippen molar-refractivity contribution in [1.82, 2.24) is 19.6 Å². The van der Waals surface area contributed by atoms with Crippen LogP contribution >= 0.6 is 11.6 Å². The lowest BCUT2D eigenvalue weighted by atomic mass is 10.0. The van der Waals surface area contributed by atoms with Gasteiger partial charge in [0.15, 0.2) is 5.69 Å². The largest absolute Gasteiger partial charge is 0.364 e. The van der Waals surface area contributed by atoms with Gasteiger partial charge < -0.3 is 10.6 Å². The molecule has 1 saturated heterocycles. The molecule has 0 bridgehead atoms. The van der Waals surface area contributed by atoms with Crippen molar-refractivity contribution < 1.29 is 9.59 Å². The predicted octanol–water partition coefficient (Wildman–Crippen LogP) is 2.45. The number of amides is 2. The lowest BCUT2D eigenvalue weighted by Gasteiger charge is -2.26. The van der Waals surface area contributed by atoms with E-state index in [4.69, 9.17) is 17.3 Å². The Kier molecular flexibility index (Phi) is 5.12. The molecule has 1 aliphatic carbocycles. The zero-order valence-corrected chi connectivity index (χ0v) is 16.5. The van der Waals surface area contributed by atoms with E-state index >= 15 is 0 Å². The van der Waals surface area contributed by atoms with Crippen molar-refractivity contribution in [1.29, 1.82) is 0 Å². The van der Waals surface area contributed by atoms with Gasteiger partial charge in [0.1, 0.15) is 0 Å². The molecule has 2 amide bonds. The molecule has 1 aliphatic heterocycles. The minimum absolute atomic E-state index is 0.106. The highest BCUT2D eigenvalue weighted by Gasteiger charge is 2.43. The van der Waals surface area contributed by atoms with Gasteiger partial charge >= 0.3 is 6.03 Å². The molecule has 2 fully saturated rings. The lowest BCUT2D eigenvalue weighted by molar-refractivity contribution is 0.0995. The van der Waals surface area contributed by atoms with Gasteiger partial charge in [-0.15, -0.1) is 0 Å². The van der Waals surface area contributed by atoms with E-state index in [9.17, 15) is 9.59 Å². The Labute approximate surface area is 169 Å². The van der Waals surface area contributed by atoms with Crippen LogP contribution in [0, 0.1) is 11.8 Å². The van der Waals surface area contributed by atoms with Crippen molar-refractivity contribution in [3.8, 4) is 0 Å². The van der Waals surface area contributed by atoms with Gasteiger partial charge in [-0.2, -0.15) is 9.78 Å². The maximum atomic E-state index is 12.7. The zero-order valence-electron chi connectivity index (χ0n) is 15.8. The first kappa shape index (κ1) is 19.0. The van der Waals surface area contributed by atoms with Crippen LogP contribution in [-0.4, -0.2) is 57.7 Å². The number of rotatable bonds is 4. The number of fused-ring (bicyclic) bond motifs is 1. The Morgan fingerprint density at radius 1 is 1.21 bits per heavy atom. The van der Waals surface area contributed by atoms with Gasteiger partial charge in [0.05, 0.1) is 0 Å². The summed E-state index contributed by atoms with van der Waals surface area (Å²) in [6, 6.07) is 9.73. The van der Waals surface area contributed by atoms with Gasteiger partial charge in [-0.3, -0.25) is 9.69 Å². The van der Waals surface area contributed by atoms with Crippen LogP contribution in [0.15, 0.2) is 36.5 Å². The Hall–Kier alpha value is -2.38. The summed E-state index contributed by atoms with van der Waals surface area (Å²) in [5.41, 5.74) is 6.46. The Balaban J connectivity index is 1.34. The molecular weight excluding hydrogens is 378 g/mol. The molecule has 1 saturated carbocycles. The number of aromatic nitrogens is 2. The quantitative estimate of drug-likeness (QED) is 0.852. The second-order valence-corrected chi connectivity index (χ2v) is 8.26. The average molecular weight is 402 g/mol. The van der Waals surface area contributed by atoms with Gasteiger partial charge in [0.2, 0.25) is 0 Å².